The molecular formula is C32H42N6O2S. The van der Waals surface area contributed by atoms with Crippen LogP contribution in [0.2, 0.25) is 0 Å². The third-order valence-electron chi connectivity index (χ3n) is 7.26. The number of aromatic amines is 1. The van der Waals surface area contributed by atoms with E-state index in [0.717, 1.165) is 66.5 Å². The molecule has 8 nitrogen and oxygen atoms in total. The van der Waals surface area contributed by atoms with Gasteiger partial charge in [-0.2, -0.15) is 9.97 Å². The normalized spacial score (nSPS) is 16.0. The van der Waals surface area contributed by atoms with E-state index in [1.165, 1.54) is 16.0 Å². The number of benzene rings is 2. The number of aliphatic hydroxyl groups excluding tert-OH is 1. The standard InChI is InChI=1S/C32H42N6O2S/c1-20(2)40-28-18-25(23-9-8-14-38(19-23)15-16-39)22(5)17-27(28)35-32-36-30-24(12-13-33-30)31(37-32)34-26-10-6-7-11-29(26)41-21(3)4/h6-7,10-13,17-18,20-21,23,39H,8-9,14-16,19H2,1-5H3,(H3,33,34,35,36,37). The first-order chi connectivity index (χ1) is 19.8. The van der Waals surface area contributed by atoms with E-state index < -0.39 is 0 Å². The second kappa shape index (κ2) is 13.1. The molecule has 1 fully saturated rings. The van der Waals surface area contributed by atoms with Crippen LogP contribution in [0.15, 0.2) is 53.6 Å². The number of nitrogens with one attached hydrogen (secondary N) is 3. The van der Waals surface area contributed by atoms with E-state index in [9.17, 15) is 5.11 Å². The average Bonchev–Trinajstić information content (AvgIpc) is 3.40. The van der Waals surface area contributed by atoms with Crippen LogP contribution in [0.1, 0.15) is 57.6 Å². The van der Waals surface area contributed by atoms with Crippen LogP contribution in [0.5, 0.6) is 5.75 Å². The van der Waals surface area contributed by atoms with Crippen LogP contribution in [0, 0.1) is 6.92 Å². The smallest absolute Gasteiger partial charge is 0.231 e. The van der Waals surface area contributed by atoms with Gasteiger partial charge in [-0.05, 0) is 87.5 Å². The number of anilines is 4. The summed E-state index contributed by atoms with van der Waals surface area (Å²) in [6, 6.07) is 14.7. The molecule has 2 aromatic heterocycles. The van der Waals surface area contributed by atoms with Gasteiger partial charge in [-0.25, -0.2) is 0 Å². The van der Waals surface area contributed by atoms with Crippen molar-refractivity contribution in [3.63, 3.8) is 0 Å². The lowest BCUT2D eigenvalue weighted by atomic mass is 9.87. The lowest BCUT2D eigenvalue weighted by molar-refractivity contribution is 0.161. The summed E-state index contributed by atoms with van der Waals surface area (Å²) in [4.78, 5) is 16.5. The molecule has 3 heterocycles. The van der Waals surface area contributed by atoms with Gasteiger partial charge in [0.05, 0.1) is 29.5 Å². The average molecular weight is 575 g/mol. The van der Waals surface area contributed by atoms with Crippen LogP contribution in [-0.2, 0) is 0 Å². The van der Waals surface area contributed by atoms with Crippen molar-refractivity contribution >= 4 is 45.9 Å². The maximum atomic E-state index is 9.46. The van der Waals surface area contributed by atoms with Crippen molar-refractivity contribution in [3.8, 4) is 5.75 Å². The molecule has 5 rings (SSSR count). The highest BCUT2D eigenvalue weighted by Crippen LogP contribution is 2.38. The Bertz CT molecular complexity index is 1470. The fourth-order valence-electron chi connectivity index (χ4n) is 5.51. The van der Waals surface area contributed by atoms with Crippen LogP contribution in [0.25, 0.3) is 11.0 Å². The van der Waals surface area contributed by atoms with Crippen LogP contribution < -0.4 is 15.4 Å². The zero-order chi connectivity index (χ0) is 28.9. The first-order valence-corrected chi connectivity index (χ1v) is 15.5. The number of β-amino-alcohol motifs (C(OH)–C–C–N with tert-alkyl or cyclic N) is 1. The minimum Gasteiger partial charge on any atom is -0.489 e. The molecule has 0 radical (unpaired) electrons. The fraction of sp³-hybridized carbons (Fsp3) is 0.438. The van der Waals surface area contributed by atoms with Gasteiger partial charge in [0.25, 0.3) is 0 Å². The predicted octanol–water partition coefficient (Wildman–Crippen LogP) is 7.21. The third kappa shape index (κ3) is 7.15. The minimum atomic E-state index is 0.0161. The molecule has 4 aromatic rings. The zero-order valence-electron chi connectivity index (χ0n) is 24.7. The van der Waals surface area contributed by atoms with Crippen LogP contribution >= 0.6 is 11.8 Å². The van der Waals surface area contributed by atoms with Crippen molar-refractivity contribution in [1.82, 2.24) is 19.9 Å². The molecule has 1 aliphatic rings. The number of thioether (sulfide) groups is 1. The molecular weight excluding hydrogens is 532 g/mol. The molecule has 0 spiro atoms. The molecule has 2 aromatic carbocycles. The quantitative estimate of drug-likeness (QED) is 0.140. The number of likely N-dealkylation sites (tertiary alicyclic amines) is 1. The fourth-order valence-corrected chi connectivity index (χ4v) is 6.42. The summed E-state index contributed by atoms with van der Waals surface area (Å²) < 4.78 is 6.33. The van der Waals surface area contributed by atoms with Crippen LogP contribution in [-0.4, -0.2) is 62.6 Å². The number of nitrogens with zero attached hydrogens (tertiary/aromatic N) is 3. The maximum absolute atomic E-state index is 9.46. The van der Waals surface area contributed by atoms with E-state index in [4.69, 9.17) is 14.7 Å². The summed E-state index contributed by atoms with van der Waals surface area (Å²) in [6.07, 6.45) is 4.17. The first kappa shape index (κ1) is 29.2. The number of aromatic nitrogens is 3. The number of fused-ring (bicyclic) bond motifs is 1. The van der Waals surface area contributed by atoms with E-state index >= 15 is 0 Å². The molecule has 0 bridgehead atoms. The molecule has 0 saturated carbocycles. The second-order valence-corrected chi connectivity index (χ2v) is 12.9. The predicted molar refractivity (Wildman–Crippen MR) is 170 cm³/mol. The Kier molecular flexibility index (Phi) is 9.37. The topological polar surface area (TPSA) is 98.3 Å². The highest BCUT2D eigenvalue weighted by molar-refractivity contribution is 8.00. The van der Waals surface area contributed by atoms with Gasteiger partial charge in [-0.1, -0.05) is 26.0 Å². The van der Waals surface area contributed by atoms with Crippen LogP contribution in [0.3, 0.4) is 0 Å². The summed E-state index contributed by atoms with van der Waals surface area (Å²) in [6.45, 7) is 13.6. The monoisotopic (exact) mass is 574 g/mol. The molecule has 218 valence electrons. The molecule has 1 saturated heterocycles. The van der Waals surface area contributed by atoms with Crippen molar-refractivity contribution in [3.05, 3.63) is 59.8 Å². The minimum absolute atomic E-state index is 0.0161. The number of hydrogen-bond donors (Lipinski definition) is 4. The molecule has 4 N–H and O–H groups in total. The van der Waals surface area contributed by atoms with E-state index in [1.807, 2.05) is 43.9 Å². The summed E-state index contributed by atoms with van der Waals surface area (Å²) in [5.74, 6) is 2.43. The molecule has 1 atom stereocenters. The number of piperidine rings is 1. The summed E-state index contributed by atoms with van der Waals surface area (Å²) in [5, 5.41) is 17.9. The Morgan fingerprint density at radius 2 is 1.93 bits per heavy atom. The SMILES string of the molecule is Cc1cc(Nc2nc(Nc3ccccc3SC(C)C)c3cc[nH]c3n2)c(OC(C)C)cc1C1CCCN(CCO)C1. The first-order valence-electron chi connectivity index (χ1n) is 14.6. The number of ether oxygens (including phenoxy) is 1. The second-order valence-electron chi connectivity index (χ2n) is 11.3. The molecule has 0 amide bonds. The molecule has 1 unspecified atom stereocenters. The van der Waals surface area contributed by atoms with Crippen molar-refractivity contribution in [2.75, 3.05) is 36.9 Å². The van der Waals surface area contributed by atoms with Crippen molar-refractivity contribution < 1.29 is 9.84 Å². The molecule has 41 heavy (non-hydrogen) atoms. The summed E-state index contributed by atoms with van der Waals surface area (Å²) in [7, 11) is 0. The van der Waals surface area contributed by atoms with Gasteiger partial charge in [0.2, 0.25) is 5.95 Å². The summed E-state index contributed by atoms with van der Waals surface area (Å²) in [5.41, 5.74) is 5.13. The number of aryl methyl sites for hydroxylation is 1. The Balaban J connectivity index is 1.47. The zero-order valence-corrected chi connectivity index (χ0v) is 25.5. The summed E-state index contributed by atoms with van der Waals surface area (Å²) >= 11 is 1.82. The van der Waals surface area contributed by atoms with Crippen LogP contribution in [0.4, 0.5) is 23.1 Å². The maximum Gasteiger partial charge on any atom is 0.231 e. The molecule has 9 heteroatoms. The van der Waals surface area contributed by atoms with Gasteiger partial charge in [0.15, 0.2) is 0 Å². The Hall–Kier alpha value is -3.27. The molecule has 1 aliphatic heterocycles. The van der Waals surface area contributed by atoms with Gasteiger partial charge < -0.3 is 30.4 Å². The van der Waals surface area contributed by atoms with Gasteiger partial charge in [0.1, 0.15) is 17.2 Å². The van der Waals surface area contributed by atoms with Crippen molar-refractivity contribution in [2.45, 2.75) is 69.6 Å². The number of para-hydroxylation sites is 1. The number of aliphatic hydroxyl groups is 1. The van der Waals surface area contributed by atoms with E-state index in [1.54, 1.807) is 0 Å². The highest BCUT2D eigenvalue weighted by Gasteiger charge is 2.24. The highest BCUT2D eigenvalue weighted by atomic mass is 32.2. The lowest BCUT2D eigenvalue weighted by Gasteiger charge is -2.33. The third-order valence-corrected chi connectivity index (χ3v) is 8.34. The van der Waals surface area contributed by atoms with Crippen molar-refractivity contribution in [2.24, 2.45) is 0 Å². The number of rotatable bonds is 11. The number of hydrogen-bond acceptors (Lipinski definition) is 8. The van der Waals surface area contributed by atoms with Gasteiger partial charge in [-0.3, -0.25) is 0 Å². The van der Waals surface area contributed by atoms with Gasteiger partial charge in [0, 0.05) is 29.4 Å². The Morgan fingerprint density at radius 3 is 2.71 bits per heavy atom. The lowest BCUT2D eigenvalue weighted by Crippen LogP contribution is -2.36. The van der Waals surface area contributed by atoms with E-state index in [2.05, 4.69) is 71.6 Å². The van der Waals surface area contributed by atoms with E-state index in [0.29, 0.717) is 17.1 Å². The Labute approximate surface area is 247 Å². The van der Waals surface area contributed by atoms with E-state index in [-0.39, 0.29) is 12.7 Å². The Morgan fingerprint density at radius 1 is 1.10 bits per heavy atom. The van der Waals surface area contributed by atoms with Gasteiger partial charge >= 0.3 is 0 Å². The van der Waals surface area contributed by atoms with Crippen molar-refractivity contribution in [1.29, 1.82) is 0 Å². The largest absolute Gasteiger partial charge is 0.489 e. The van der Waals surface area contributed by atoms with Gasteiger partial charge in [-0.15, -0.1) is 11.8 Å². The molecule has 0 aliphatic carbocycles. The number of H-pyrrole nitrogens is 1.